The molecule has 5 nitrogen and oxygen atoms in total. The summed E-state index contributed by atoms with van der Waals surface area (Å²) in [5.74, 6) is -0.798. The molecule has 1 N–H and O–H groups in total. The van der Waals surface area contributed by atoms with Gasteiger partial charge in [-0.15, -0.1) is 0 Å². The van der Waals surface area contributed by atoms with Crippen molar-refractivity contribution in [2.45, 2.75) is 12.6 Å². The second-order valence-corrected chi connectivity index (χ2v) is 6.57. The summed E-state index contributed by atoms with van der Waals surface area (Å²) in [4.78, 5) is 26.0. The standard InChI is InChI=1S/C21H19F3N2O3/c1-2-10-29-18-8-6-16(7-9-18)25-20(28)14-11-19(27)26(13-14)17-5-3-4-15(12-17)21(22,23)24/h2-9,12,14H,1,10-11,13H2,(H,25,28)/t14-/m0/s1. The molecule has 0 aromatic heterocycles. The molecular formula is C21H19F3N2O3. The van der Waals surface area contributed by atoms with Crippen molar-refractivity contribution < 1.29 is 27.5 Å². The number of rotatable bonds is 6. The number of alkyl halides is 3. The van der Waals surface area contributed by atoms with Gasteiger partial charge in [0, 0.05) is 24.3 Å². The van der Waals surface area contributed by atoms with Gasteiger partial charge in [-0.3, -0.25) is 9.59 Å². The molecule has 1 aliphatic heterocycles. The summed E-state index contributed by atoms with van der Waals surface area (Å²) in [6, 6.07) is 11.2. The summed E-state index contributed by atoms with van der Waals surface area (Å²) in [5.41, 5.74) is -0.177. The first-order chi connectivity index (χ1) is 13.8. The average Bonchev–Trinajstić information content (AvgIpc) is 3.09. The first-order valence-corrected chi connectivity index (χ1v) is 8.90. The zero-order valence-corrected chi connectivity index (χ0v) is 15.4. The topological polar surface area (TPSA) is 58.6 Å². The Morgan fingerprint density at radius 2 is 1.97 bits per heavy atom. The predicted octanol–water partition coefficient (Wildman–Crippen LogP) is 4.26. The Hall–Kier alpha value is -3.29. The highest BCUT2D eigenvalue weighted by Gasteiger charge is 2.37. The van der Waals surface area contributed by atoms with E-state index in [9.17, 15) is 22.8 Å². The molecule has 2 amide bonds. The van der Waals surface area contributed by atoms with Gasteiger partial charge in [0.15, 0.2) is 0 Å². The molecule has 0 unspecified atom stereocenters. The lowest BCUT2D eigenvalue weighted by Crippen LogP contribution is -2.28. The van der Waals surface area contributed by atoms with E-state index in [0.717, 1.165) is 12.1 Å². The fraction of sp³-hybridized carbons (Fsp3) is 0.238. The van der Waals surface area contributed by atoms with Gasteiger partial charge in [0.1, 0.15) is 12.4 Å². The van der Waals surface area contributed by atoms with Crippen LogP contribution in [0.25, 0.3) is 0 Å². The van der Waals surface area contributed by atoms with Crippen LogP contribution in [0.1, 0.15) is 12.0 Å². The number of carbonyl (C=O) groups excluding carboxylic acids is 2. The van der Waals surface area contributed by atoms with Gasteiger partial charge in [0.25, 0.3) is 0 Å². The van der Waals surface area contributed by atoms with E-state index in [1.54, 1.807) is 30.3 Å². The van der Waals surface area contributed by atoms with Crippen LogP contribution in [0.15, 0.2) is 61.2 Å². The molecular weight excluding hydrogens is 385 g/mol. The number of benzene rings is 2. The molecule has 1 aliphatic rings. The highest BCUT2D eigenvalue weighted by Crippen LogP contribution is 2.33. The molecule has 0 radical (unpaired) electrons. The number of nitrogens with zero attached hydrogens (tertiary/aromatic N) is 1. The quantitative estimate of drug-likeness (QED) is 0.732. The van der Waals surface area contributed by atoms with E-state index >= 15 is 0 Å². The van der Waals surface area contributed by atoms with Crippen LogP contribution in [0, 0.1) is 5.92 Å². The van der Waals surface area contributed by atoms with Crippen LogP contribution in [-0.4, -0.2) is 25.0 Å². The number of hydrogen-bond acceptors (Lipinski definition) is 3. The molecule has 29 heavy (non-hydrogen) atoms. The van der Waals surface area contributed by atoms with Crippen LogP contribution in [-0.2, 0) is 15.8 Å². The van der Waals surface area contributed by atoms with Crippen molar-refractivity contribution in [2.24, 2.45) is 5.92 Å². The second-order valence-electron chi connectivity index (χ2n) is 6.57. The third kappa shape index (κ3) is 4.96. The maximum absolute atomic E-state index is 12.9. The van der Waals surface area contributed by atoms with Crippen LogP contribution >= 0.6 is 0 Å². The fourth-order valence-corrected chi connectivity index (χ4v) is 3.02. The van der Waals surface area contributed by atoms with Gasteiger partial charge in [-0.25, -0.2) is 0 Å². The number of hydrogen-bond donors (Lipinski definition) is 1. The Morgan fingerprint density at radius 3 is 2.62 bits per heavy atom. The smallest absolute Gasteiger partial charge is 0.416 e. The summed E-state index contributed by atoms with van der Waals surface area (Å²) in [7, 11) is 0. The summed E-state index contributed by atoms with van der Waals surface area (Å²) < 4.78 is 44.1. The van der Waals surface area contributed by atoms with Crippen LogP contribution in [0.3, 0.4) is 0 Å². The Balaban J connectivity index is 1.65. The molecule has 0 aliphatic carbocycles. The minimum atomic E-state index is -4.50. The van der Waals surface area contributed by atoms with Crippen molar-refractivity contribution >= 4 is 23.2 Å². The van der Waals surface area contributed by atoms with Gasteiger partial charge in [0.2, 0.25) is 11.8 Å². The van der Waals surface area contributed by atoms with E-state index in [1.807, 2.05) is 0 Å². The van der Waals surface area contributed by atoms with Gasteiger partial charge in [0.05, 0.1) is 11.5 Å². The van der Waals surface area contributed by atoms with Crippen molar-refractivity contribution in [1.29, 1.82) is 0 Å². The molecule has 2 aromatic carbocycles. The first-order valence-electron chi connectivity index (χ1n) is 8.90. The van der Waals surface area contributed by atoms with E-state index in [-0.39, 0.29) is 24.6 Å². The fourth-order valence-electron chi connectivity index (χ4n) is 3.02. The minimum Gasteiger partial charge on any atom is -0.490 e. The summed E-state index contributed by atoms with van der Waals surface area (Å²) in [5, 5.41) is 2.72. The largest absolute Gasteiger partial charge is 0.490 e. The Bertz CT molecular complexity index is 910. The molecule has 152 valence electrons. The van der Waals surface area contributed by atoms with Gasteiger partial charge in [-0.2, -0.15) is 13.2 Å². The molecule has 0 bridgehead atoms. The molecule has 1 heterocycles. The normalized spacial score (nSPS) is 16.6. The molecule has 8 heteroatoms. The molecule has 0 spiro atoms. The lowest BCUT2D eigenvalue weighted by molar-refractivity contribution is -0.137. The predicted molar refractivity (Wildman–Crippen MR) is 103 cm³/mol. The Labute approximate surface area is 165 Å². The molecule has 1 atom stereocenters. The van der Waals surface area contributed by atoms with E-state index in [2.05, 4.69) is 11.9 Å². The van der Waals surface area contributed by atoms with E-state index in [4.69, 9.17) is 4.74 Å². The van der Waals surface area contributed by atoms with E-state index in [0.29, 0.717) is 18.0 Å². The number of ether oxygens (including phenoxy) is 1. The molecule has 0 saturated carbocycles. The van der Waals surface area contributed by atoms with Crippen LogP contribution in [0.5, 0.6) is 5.75 Å². The third-order valence-corrected chi connectivity index (χ3v) is 4.47. The van der Waals surface area contributed by atoms with E-state index < -0.39 is 23.6 Å². The second kappa shape index (κ2) is 8.38. The van der Waals surface area contributed by atoms with Gasteiger partial charge >= 0.3 is 6.18 Å². The molecule has 2 aromatic rings. The maximum Gasteiger partial charge on any atom is 0.416 e. The molecule has 1 fully saturated rings. The lowest BCUT2D eigenvalue weighted by Gasteiger charge is -2.18. The van der Waals surface area contributed by atoms with Crippen molar-refractivity contribution in [3.05, 3.63) is 66.7 Å². The van der Waals surface area contributed by atoms with Crippen LogP contribution < -0.4 is 15.0 Å². The number of amides is 2. The van der Waals surface area contributed by atoms with Crippen molar-refractivity contribution in [3.63, 3.8) is 0 Å². The Morgan fingerprint density at radius 1 is 1.24 bits per heavy atom. The molecule has 1 saturated heterocycles. The van der Waals surface area contributed by atoms with Crippen molar-refractivity contribution in [1.82, 2.24) is 0 Å². The number of carbonyl (C=O) groups is 2. The third-order valence-electron chi connectivity index (χ3n) is 4.47. The number of nitrogens with one attached hydrogen (secondary N) is 1. The summed E-state index contributed by atoms with van der Waals surface area (Å²) in [6.45, 7) is 3.94. The van der Waals surface area contributed by atoms with Crippen LogP contribution in [0.2, 0.25) is 0 Å². The van der Waals surface area contributed by atoms with Crippen LogP contribution in [0.4, 0.5) is 24.5 Å². The SMILES string of the molecule is C=CCOc1ccc(NC(=O)[C@H]2CC(=O)N(c3cccc(C(F)(F)F)c3)C2)cc1. The number of halogens is 3. The van der Waals surface area contributed by atoms with Gasteiger partial charge < -0.3 is 15.0 Å². The van der Waals surface area contributed by atoms with E-state index in [1.165, 1.54) is 17.0 Å². The van der Waals surface area contributed by atoms with Gasteiger partial charge in [-0.1, -0.05) is 18.7 Å². The minimum absolute atomic E-state index is 0.0203. The highest BCUT2D eigenvalue weighted by atomic mass is 19.4. The average molecular weight is 404 g/mol. The maximum atomic E-state index is 12.9. The zero-order chi connectivity index (χ0) is 21.0. The lowest BCUT2D eigenvalue weighted by atomic mass is 10.1. The monoisotopic (exact) mass is 404 g/mol. The van der Waals surface area contributed by atoms with Crippen molar-refractivity contribution in [2.75, 3.05) is 23.4 Å². The summed E-state index contributed by atoms with van der Waals surface area (Å²) in [6.07, 6.45) is -2.96. The molecule has 3 rings (SSSR count). The number of anilines is 2. The Kier molecular flexibility index (Phi) is 5.91. The first kappa shape index (κ1) is 20.4. The zero-order valence-electron chi connectivity index (χ0n) is 15.4. The highest BCUT2D eigenvalue weighted by molar-refractivity contribution is 6.03. The summed E-state index contributed by atoms with van der Waals surface area (Å²) >= 11 is 0. The van der Waals surface area contributed by atoms with Gasteiger partial charge in [-0.05, 0) is 42.5 Å². The van der Waals surface area contributed by atoms with Crippen molar-refractivity contribution in [3.8, 4) is 5.75 Å².